The Morgan fingerprint density at radius 3 is 2.19 bits per heavy atom. The van der Waals surface area contributed by atoms with E-state index in [1.54, 1.807) is 12.1 Å². The molecule has 2 aromatic carbocycles. The molecular formula is C18H21N3O4S. The zero-order valence-corrected chi connectivity index (χ0v) is 15.6. The molecule has 3 N–H and O–H groups in total. The SMILES string of the molecule is CNS(=O)(=O)c1ccc(NC(=O)CNC(=O)c2ccc(C)c(C)c2)cc1. The zero-order valence-electron chi connectivity index (χ0n) is 14.8. The molecule has 26 heavy (non-hydrogen) atoms. The van der Waals surface area contributed by atoms with Crippen LogP contribution in [-0.2, 0) is 14.8 Å². The van der Waals surface area contributed by atoms with Crippen LogP contribution in [0.5, 0.6) is 0 Å². The van der Waals surface area contributed by atoms with Crippen molar-refractivity contribution >= 4 is 27.5 Å². The number of amides is 2. The number of rotatable bonds is 6. The lowest BCUT2D eigenvalue weighted by atomic mass is 10.1. The van der Waals surface area contributed by atoms with Crippen molar-refractivity contribution in [2.24, 2.45) is 0 Å². The molecule has 0 heterocycles. The van der Waals surface area contributed by atoms with E-state index >= 15 is 0 Å². The van der Waals surface area contributed by atoms with E-state index in [2.05, 4.69) is 15.4 Å². The lowest BCUT2D eigenvalue weighted by Gasteiger charge is -2.09. The Morgan fingerprint density at radius 2 is 1.62 bits per heavy atom. The van der Waals surface area contributed by atoms with Crippen molar-refractivity contribution in [3.63, 3.8) is 0 Å². The second kappa shape index (κ2) is 8.11. The number of nitrogens with one attached hydrogen (secondary N) is 3. The lowest BCUT2D eigenvalue weighted by molar-refractivity contribution is -0.115. The first kappa shape index (κ1) is 19.6. The highest BCUT2D eigenvalue weighted by Crippen LogP contribution is 2.13. The number of sulfonamides is 1. The molecule has 0 spiro atoms. The van der Waals surface area contributed by atoms with E-state index in [1.807, 2.05) is 19.9 Å². The summed E-state index contributed by atoms with van der Waals surface area (Å²) < 4.78 is 25.5. The summed E-state index contributed by atoms with van der Waals surface area (Å²) in [4.78, 5) is 24.1. The van der Waals surface area contributed by atoms with Gasteiger partial charge in [0.1, 0.15) is 0 Å². The van der Waals surface area contributed by atoms with Crippen LogP contribution in [0.15, 0.2) is 47.4 Å². The monoisotopic (exact) mass is 375 g/mol. The van der Waals surface area contributed by atoms with E-state index in [9.17, 15) is 18.0 Å². The second-order valence-corrected chi connectivity index (χ2v) is 7.65. The highest BCUT2D eigenvalue weighted by atomic mass is 32.2. The average Bonchev–Trinajstić information content (AvgIpc) is 2.62. The van der Waals surface area contributed by atoms with Crippen LogP contribution < -0.4 is 15.4 Å². The summed E-state index contributed by atoms with van der Waals surface area (Å²) in [7, 11) is -2.20. The van der Waals surface area contributed by atoms with E-state index in [4.69, 9.17) is 0 Å². The van der Waals surface area contributed by atoms with Gasteiger partial charge in [-0.1, -0.05) is 6.07 Å². The van der Waals surface area contributed by atoms with Gasteiger partial charge in [0.15, 0.2) is 0 Å². The van der Waals surface area contributed by atoms with Crippen molar-refractivity contribution < 1.29 is 18.0 Å². The maximum atomic E-state index is 12.1. The molecule has 8 heteroatoms. The van der Waals surface area contributed by atoms with Crippen molar-refractivity contribution in [2.45, 2.75) is 18.7 Å². The molecule has 0 aliphatic rings. The van der Waals surface area contributed by atoms with Gasteiger partial charge in [-0.05, 0) is 68.4 Å². The molecule has 0 unspecified atom stereocenters. The Labute approximate surface area is 152 Å². The van der Waals surface area contributed by atoms with Gasteiger partial charge >= 0.3 is 0 Å². The number of carbonyl (C=O) groups is 2. The standard InChI is InChI=1S/C18H21N3O4S/c1-12-4-5-14(10-13(12)2)18(23)20-11-17(22)21-15-6-8-16(9-7-15)26(24,25)19-3/h4-10,19H,11H2,1-3H3,(H,20,23)(H,21,22). The Morgan fingerprint density at radius 1 is 0.962 bits per heavy atom. The van der Waals surface area contributed by atoms with E-state index in [-0.39, 0.29) is 17.3 Å². The molecule has 7 nitrogen and oxygen atoms in total. The Bertz CT molecular complexity index is 922. The number of carbonyl (C=O) groups excluding carboxylic acids is 2. The molecule has 0 radical (unpaired) electrons. The molecule has 0 saturated heterocycles. The molecule has 2 rings (SSSR count). The third-order valence-electron chi connectivity index (χ3n) is 3.90. The third kappa shape index (κ3) is 4.90. The summed E-state index contributed by atoms with van der Waals surface area (Å²) in [6.45, 7) is 3.68. The number of hydrogen-bond donors (Lipinski definition) is 3. The van der Waals surface area contributed by atoms with Gasteiger partial charge in [0.2, 0.25) is 15.9 Å². The minimum Gasteiger partial charge on any atom is -0.343 e. The number of anilines is 1. The van der Waals surface area contributed by atoms with Gasteiger partial charge in [-0.25, -0.2) is 13.1 Å². The molecule has 2 aromatic rings. The predicted octanol–water partition coefficient (Wildman–Crippen LogP) is 1.58. The zero-order chi connectivity index (χ0) is 19.3. The van der Waals surface area contributed by atoms with Gasteiger partial charge in [0, 0.05) is 11.3 Å². The van der Waals surface area contributed by atoms with Crippen LogP contribution in [-0.4, -0.2) is 33.8 Å². The highest BCUT2D eigenvalue weighted by molar-refractivity contribution is 7.89. The quantitative estimate of drug-likeness (QED) is 0.713. The molecule has 0 fully saturated rings. The Hall–Kier alpha value is -2.71. The molecule has 0 bridgehead atoms. The van der Waals surface area contributed by atoms with E-state index < -0.39 is 15.9 Å². The minimum absolute atomic E-state index is 0.0982. The van der Waals surface area contributed by atoms with Crippen LogP contribution >= 0.6 is 0 Å². The normalized spacial score (nSPS) is 11.0. The molecule has 0 atom stereocenters. The first-order valence-electron chi connectivity index (χ1n) is 7.92. The van der Waals surface area contributed by atoms with Gasteiger partial charge in [-0.2, -0.15) is 0 Å². The highest BCUT2D eigenvalue weighted by Gasteiger charge is 2.12. The predicted molar refractivity (Wildman–Crippen MR) is 99.6 cm³/mol. The van der Waals surface area contributed by atoms with Crippen LogP contribution in [0.1, 0.15) is 21.5 Å². The first-order chi connectivity index (χ1) is 12.2. The smallest absolute Gasteiger partial charge is 0.251 e. The Balaban J connectivity index is 1.92. The largest absolute Gasteiger partial charge is 0.343 e. The summed E-state index contributed by atoms with van der Waals surface area (Å²) in [5.41, 5.74) is 3.01. The maximum Gasteiger partial charge on any atom is 0.251 e. The third-order valence-corrected chi connectivity index (χ3v) is 5.33. The minimum atomic E-state index is -3.52. The molecule has 0 aliphatic carbocycles. The average molecular weight is 375 g/mol. The van der Waals surface area contributed by atoms with Crippen molar-refractivity contribution in [1.29, 1.82) is 0 Å². The summed E-state index contributed by atoms with van der Waals surface area (Å²) in [6.07, 6.45) is 0. The molecule has 138 valence electrons. The molecule has 0 saturated carbocycles. The van der Waals surface area contributed by atoms with Gasteiger partial charge < -0.3 is 10.6 Å². The van der Waals surface area contributed by atoms with Gasteiger partial charge in [0.25, 0.3) is 5.91 Å². The van der Waals surface area contributed by atoms with Crippen LogP contribution in [0.25, 0.3) is 0 Å². The van der Waals surface area contributed by atoms with Crippen molar-refractivity contribution in [2.75, 3.05) is 18.9 Å². The van der Waals surface area contributed by atoms with Gasteiger partial charge in [0.05, 0.1) is 11.4 Å². The first-order valence-corrected chi connectivity index (χ1v) is 9.40. The van der Waals surface area contributed by atoms with Gasteiger partial charge in [-0.15, -0.1) is 0 Å². The molecule has 0 aliphatic heterocycles. The molecule has 0 aromatic heterocycles. The van der Waals surface area contributed by atoms with Crippen LogP contribution in [0, 0.1) is 13.8 Å². The lowest BCUT2D eigenvalue weighted by Crippen LogP contribution is -2.32. The van der Waals surface area contributed by atoms with E-state index in [0.29, 0.717) is 11.3 Å². The second-order valence-electron chi connectivity index (χ2n) is 5.76. The number of benzene rings is 2. The van der Waals surface area contributed by atoms with E-state index in [0.717, 1.165) is 11.1 Å². The van der Waals surface area contributed by atoms with Crippen molar-refractivity contribution in [3.8, 4) is 0 Å². The van der Waals surface area contributed by atoms with Crippen molar-refractivity contribution in [1.82, 2.24) is 10.0 Å². The Kier molecular flexibility index (Phi) is 6.12. The van der Waals surface area contributed by atoms with Crippen molar-refractivity contribution in [3.05, 3.63) is 59.2 Å². The molecular weight excluding hydrogens is 354 g/mol. The van der Waals surface area contributed by atoms with Gasteiger partial charge in [-0.3, -0.25) is 9.59 Å². The summed E-state index contributed by atoms with van der Waals surface area (Å²) >= 11 is 0. The summed E-state index contributed by atoms with van der Waals surface area (Å²) in [5.74, 6) is -0.745. The van der Waals surface area contributed by atoms with Crippen LogP contribution in [0.2, 0.25) is 0 Å². The van der Waals surface area contributed by atoms with Crippen LogP contribution in [0.3, 0.4) is 0 Å². The molecule has 2 amide bonds. The fourth-order valence-electron chi connectivity index (χ4n) is 2.19. The van der Waals surface area contributed by atoms with Crippen LogP contribution in [0.4, 0.5) is 5.69 Å². The fourth-order valence-corrected chi connectivity index (χ4v) is 2.92. The summed E-state index contributed by atoms with van der Waals surface area (Å²) in [5, 5.41) is 5.15. The van der Waals surface area contributed by atoms with E-state index in [1.165, 1.54) is 31.3 Å². The fraction of sp³-hybridized carbons (Fsp3) is 0.222. The topological polar surface area (TPSA) is 104 Å². The summed E-state index contributed by atoms with van der Waals surface area (Å²) in [6, 6.07) is 11.1. The number of hydrogen-bond acceptors (Lipinski definition) is 4. The maximum absolute atomic E-state index is 12.1. The number of aryl methyl sites for hydroxylation is 2.